The molecule has 4 amide bonds. The number of nitrogens with one attached hydrogen (secondary N) is 1. The zero-order chi connectivity index (χ0) is 17.8. The van der Waals surface area contributed by atoms with Crippen LogP contribution in [0.25, 0.3) is 0 Å². The van der Waals surface area contributed by atoms with Crippen molar-refractivity contribution in [2.24, 2.45) is 5.73 Å². The molecule has 2 aliphatic rings. The summed E-state index contributed by atoms with van der Waals surface area (Å²) in [6, 6.07) is 7.79. The normalized spacial score (nSPS) is 18.2. The number of fused-ring (bicyclic) bond motifs is 1. The fourth-order valence-corrected chi connectivity index (χ4v) is 3.32. The monoisotopic (exact) mass is 346 g/mol. The first-order valence-electron chi connectivity index (χ1n) is 8.40. The Morgan fingerprint density at radius 2 is 1.92 bits per heavy atom. The number of hydrogen-bond donors (Lipinski definition) is 2. The minimum Gasteiger partial charge on any atom is -0.439 e. The van der Waals surface area contributed by atoms with Crippen molar-refractivity contribution < 1.29 is 19.1 Å². The molecule has 1 fully saturated rings. The van der Waals surface area contributed by atoms with Gasteiger partial charge in [-0.25, -0.2) is 9.59 Å². The maximum Gasteiger partial charge on any atom is 0.410 e. The Morgan fingerprint density at radius 1 is 1.20 bits per heavy atom. The molecule has 0 saturated carbocycles. The number of hydrogen-bond acceptors (Lipinski definition) is 4. The van der Waals surface area contributed by atoms with E-state index < -0.39 is 18.6 Å². The van der Waals surface area contributed by atoms with Crippen molar-refractivity contribution in [3.63, 3.8) is 0 Å². The van der Waals surface area contributed by atoms with Gasteiger partial charge in [0.1, 0.15) is 0 Å². The highest BCUT2D eigenvalue weighted by Crippen LogP contribution is 2.24. The van der Waals surface area contributed by atoms with E-state index in [1.165, 1.54) is 0 Å². The molecule has 0 bridgehead atoms. The molecule has 0 spiro atoms. The number of rotatable bonds is 3. The fraction of sp³-hybridized carbons (Fsp3) is 0.471. The lowest BCUT2D eigenvalue weighted by Crippen LogP contribution is -2.50. The van der Waals surface area contributed by atoms with E-state index in [9.17, 15) is 14.4 Å². The van der Waals surface area contributed by atoms with Crippen molar-refractivity contribution >= 4 is 23.7 Å². The topological polar surface area (TPSA) is 105 Å². The number of likely N-dealkylation sites (tertiary alicyclic amines) is 1. The van der Waals surface area contributed by atoms with Gasteiger partial charge < -0.3 is 25.6 Å². The summed E-state index contributed by atoms with van der Waals surface area (Å²) in [7, 11) is 0. The zero-order valence-electron chi connectivity index (χ0n) is 13.9. The predicted molar refractivity (Wildman–Crippen MR) is 91.0 cm³/mol. The molecule has 0 radical (unpaired) electrons. The first kappa shape index (κ1) is 17.1. The van der Waals surface area contributed by atoms with Gasteiger partial charge in [-0.05, 0) is 30.9 Å². The van der Waals surface area contributed by atoms with Gasteiger partial charge in [-0.15, -0.1) is 0 Å². The Morgan fingerprint density at radius 3 is 2.64 bits per heavy atom. The average Bonchev–Trinajstić information content (AvgIpc) is 2.78. The molecule has 2 heterocycles. The minimum absolute atomic E-state index is 0.0782. The number of amides is 4. The molecule has 134 valence electrons. The molecular formula is C17H22N4O4. The average molecular weight is 346 g/mol. The molecule has 8 nitrogen and oxygen atoms in total. The number of para-hydroxylation sites is 1. The number of ether oxygens (including phenoxy) is 1. The Balaban J connectivity index is 1.55. The van der Waals surface area contributed by atoms with E-state index in [0.717, 1.165) is 17.7 Å². The SMILES string of the molecule is NC(=O)COC(=O)N1CCC(N2CCc3ccccc3NC2=O)CC1. The summed E-state index contributed by atoms with van der Waals surface area (Å²) in [6.45, 7) is 1.21. The first-order valence-corrected chi connectivity index (χ1v) is 8.40. The molecule has 0 unspecified atom stereocenters. The molecule has 8 heteroatoms. The van der Waals surface area contributed by atoms with Crippen LogP contribution < -0.4 is 11.1 Å². The smallest absolute Gasteiger partial charge is 0.410 e. The summed E-state index contributed by atoms with van der Waals surface area (Å²) >= 11 is 0. The molecule has 2 aliphatic heterocycles. The second-order valence-corrected chi connectivity index (χ2v) is 6.27. The number of urea groups is 1. The summed E-state index contributed by atoms with van der Waals surface area (Å²) in [4.78, 5) is 38.5. The Bertz CT molecular complexity index is 670. The van der Waals surface area contributed by atoms with Crippen LogP contribution in [0.1, 0.15) is 18.4 Å². The highest BCUT2D eigenvalue weighted by atomic mass is 16.6. The number of nitrogens with zero attached hydrogens (tertiary/aromatic N) is 2. The minimum atomic E-state index is -0.677. The van der Waals surface area contributed by atoms with Crippen LogP contribution in [0, 0.1) is 0 Å². The van der Waals surface area contributed by atoms with Crippen molar-refractivity contribution in [3.8, 4) is 0 Å². The second kappa shape index (κ2) is 7.42. The summed E-state index contributed by atoms with van der Waals surface area (Å²) in [6.07, 6.45) is 1.62. The molecule has 1 aromatic rings. The van der Waals surface area contributed by atoms with Gasteiger partial charge in [-0.3, -0.25) is 4.79 Å². The Kier molecular flexibility index (Phi) is 5.06. The van der Waals surface area contributed by atoms with Crippen molar-refractivity contribution in [3.05, 3.63) is 29.8 Å². The van der Waals surface area contributed by atoms with Gasteiger partial charge in [-0.1, -0.05) is 18.2 Å². The summed E-state index contributed by atoms with van der Waals surface area (Å²) in [5.41, 5.74) is 6.96. The highest BCUT2D eigenvalue weighted by molar-refractivity contribution is 5.91. The van der Waals surface area contributed by atoms with Crippen LogP contribution in [0.2, 0.25) is 0 Å². The predicted octanol–water partition coefficient (Wildman–Crippen LogP) is 1.16. The molecule has 0 aliphatic carbocycles. The van der Waals surface area contributed by atoms with E-state index in [1.54, 1.807) is 4.90 Å². The standard InChI is InChI=1S/C17H22N4O4/c18-15(22)11-25-17(24)20-8-6-13(7-9-20)21-10-5-12-3-1-2-4-14(12)19-16(21)23/h1-4,13H,5-11H2,(H2,18,22)(H,19,23). The summed E-state index contributed by atoms with van der Waals surface area (Å²) < 4.78 is 4.83. The Labute approximate surface area is 145 Å². The van der Waals surface area contributed by atoms with Gasteiger partial charge in [-0.2, -0.15) is 0 Å². The third-order valence-electron chi connectivity index (χ3n) is 4.64. The summed E-state index contributed by atoms with van der Waals surface area (Å²) in [5, 5.41) is 2.97. The van der Waals surface area contributed by atoms with E-state index in [4.69, 9.17) is 10.5 Å². The molecule has 1 saturated heterocycles. The quantitative estimate of drug-likeness (QED) is 0.857. The molecule has 0 aromatic heterocycles. The molecule has 0 atom stereocenters. The lowest BCUT2D eigenvalue weighted by molar-refractivity contribution is -0.121. The largest absolute Gasteiger partial charge is 0.439 e. The number of anilines is 1. The van der Waals surface area contributed by atoms with Gasteiger partial charge in [0.05, 0.1) is 0 Å². The third kappa shape index (κ3) is 4.01. The molecule has 3 N–H and O–H groups in total. The third-order valence-corrected chi connectivity index (χ3v) is 4.64. The fourth-order valence-electron chi connectivity index (χ4n) is 3.32. The lowest BCUT2D eigenvalue weighted by Gasteiger charge is -2.37. The number of nitrogens with two attached hydrogens (primary N) is 1. The van der Waals surface area contributed by atoms with Gasteiger partial charge in [0.15, 0.2) is 6.61 Å². The van der Waals surface area contributed by atoms with Crippen LogP contribution in [0.15, 0.2) is 24.3 Å². The van der Waals surface area contributed by atoms with Crippen molar-refractivity contribution in [2.45, 2.75) is 25.3 Å². The van der Waals surface area contributed by atoms with Gasteiger partial charge in [0.2, 0.25) is 0 Å². The maximum atomic E-state index is 12.5. The van der Waals surface area contributed by atoms with E-state index >= 15 is 0 Å². The molecular weight excluding hydrogens is 324 g/mol. The van der Waals surface area contributed by atoms with Gasteiger partial charge >= 0.3 is 12.1 Å². The molecule has 25 heavy (non-hydrogen) atoms. The number of carbonyl (C=O) groups excluding carboxylic acids is 3. The number of primary amides is 1. The van der Waals surface area contributed by atoms with Crippen molar-refractivity contribution in [2.75, 3.05) is 31.6 Å². The second-order valence-electron chi connectivity index (χ2n) is 6.27. The van der Waals surface area contributed by atoms with E-state index in [1.807, 2.05) is 29.2 Å². The van der Waals surface area contributed by atoms with E-state index in [0.29, 0.717) is 32.5 Å². The zero-order valence-corrected chi connectivity index (χ0v) is 13.9. The van der Waals surface area contributed by atoms with Gasteiger partial charge in [0.25, 0.3) is 5.91 Å². The highest BCUT2D eigenvalue weighted by Gasteiger charge is 2.31. The molecule has 1 aromatic carbocycles. The van der Waals surface area contributed by atoms with Crippen LogP contribution in [0.5, 0.6) is 0 Å². The maximum absolute atomic E-state index is 12.5. The van der Waals surface area contributed by atoms with Crippen LogP contribution >= 0.6 is 0 Å². The number of benzene rings is 1. The van der Waals surface area contributed by atoms with E-state index in [-0.39, 0.29) is 12.1 Å². The summed E-state index contributed by atoms with van der Waals surface area (Å²) in [5.74, 6) is -0.677. The van der Waals surface area contributed by atoms with Crippen molar-refractivity contribution in [1.82, 2.24) is 9.80 Å². The van der Waals surface area contributed by atoms with Crippen molar-refractivity contribution in [1.29, 1.82) is 0 Å². The Hall–Kier alpha value is -2.77. The first-order chi connectivity index (χ1) is 12.0. The van der Waals surface area contributed by atoms with Gasteiger partial charge in [0, 0.05) is 31.4 Å². The number of carbonyl (C=O) groups is 3. The van der Waals surface area contributed by atoms with Crippen LogP contribution in [-0.4, -0.2) is 60.1 Å². The molecule has 3 rings (SSSR count). The van der Waals surface area contributed by atoms with Crippen LogP contribution in [-0.2, 0) is 16.0 Å². The lowest BCUT2D eigenvalue weighted by atomic mass is 10.0. The van der Waals surface area contributed by atoms with E-state index in [2.05, 4.69) is 5.32 Å². The van der Waals surface area contributed by atoms with Crippen LogP contribution in [0.3, 0.4) is 0 Å². The number of piperidine rings is 1. The van der Waals surface area contributed by atoms with Crippen LogP contribution in [0.4, 0.5) is 15.3 Å².